The van der Waals surface area contributed by atoms with Gasteiger partial charge in [0.1, 0.15) is 11.4 Å². The van der Waals surface area contributed by atoms with Crippen molar-refractivity contribution in [1.82, 2.24) is 9.97 Å². The van der Waals surface area contributed by atoms with E-state index in [9.17, 15) is 9.90 Å². The topological polar surface area (TPSA) is 75.2 Å². The number of fused-ring (bicyclic) bond motifs is 1. The third kappa shape index (κ3) is 3.88. The van der Waals surface area contributed by atoms with Crippen LogP contribution in [-0.4, -0.2) is 27.7 Å². The van der Waals surface area contributed by atoms with E-state index in [0.29, 0.717) is 12.2 Å². The molecular weight excluding hydrogens is 316 g/mol. The molecule has 0 aliphatic rings. The van der Waals surface area contributed by atoms with E-state index in [-0.39, 0.29) is 5.57 Å². The summed E-state index contributed by atoms with van der Waals surface area (Å²) in [6.45, 7) is 2.77. The summed E-state index contributed by atoms with van der Waals surface area (Å²) < 4.78 is 5.63. The predicted molar refractivity (Wildman–Crippen MR) is 98.4 cm³/mol. The van der Waals surface area contributed by atoms with E-state index >= 15 is 0 Å². The lowest BCUT2D eigenvalue weighted by atomic mass is 10.0. The van der Waals surface area contributed by atoms with E-state index in [4.69, 9.17) is 4.74 Å². The van der Waals surface area contributed by atoms with Crippen LogP contribution < -0.4 is 4.74 Å². The number of aromatic amines is 1. The first-order valence-electron chi connectivity index (χ1n) is 8.29. The summed E-state index contributed by atoms with van der Waals surface area (Å²) in [4.78, 5) is 19.0. The molecule has 128 valence electrons. The number of carbonyl (C=O) groups is 1. The zero-order chi connectivity index (χ0) is 17.6. The number of hydrogen-bond acceptors (Lipinski definition) is 3. The van der Waals surface area contributed by atoms with Gasteiger partial charge in [-0.3, -0.25) is 0 Å². The van der Waals surface area contributed by atoms with Gasteiger partial charge in [-0.15, -0.1) is 0 Å². The number of rotatable bonds is 7. The van der Waals surface area contributed by atoms with Gasteiger partial charge in [0.05, 0.1) is 12.2 Å². The van der Waals surface area contributed by atoms with E-state index in [1.54, 1.807) is 42.7 Å². The molecule has 0 saturated heterocycles. The van der Waals surface area contributed by atoms with Crippen LogP contribution in [0.1, 0.15) is 30.9 Å². The number of benzene rings is 1. The maximum absolute atomic E-state index is 11.7. The minimum absolute atomic E-state index is 0.227. The third-order valence-electron chi connectivity index (χ3n) is 3.95. The quantitative estimate of drug-likeness (QED) is 0.496. The number of nitrogens with zero attached hydrogens (tertiary/aromatic N) is 1. The summed E-state index contributed by atoms with van der Waals surface area (Å²) in [5.74, 6) is -0.226. The summed E-state index contributed by atoms with van der Waals surface area (Å²) in [5.41, 5.74) is 2.39. The number of ether oxygens (including phenoxy) is 1. The maximum atomic E-state index is 11.7. The van der Waals surface area contributed by atoms with Crippen molar-refractivity contribution in [1.29, 1.82) is 0 Å². The number of nitrogens with one attached hydrogen (secondary N) is 1. The highest BCUT2D eigenvalue weighted by Crippen LogP contribution is 2.25. The molecule has 3 aromatic rings. The summed E-state index contributed by atoms with van der Waals surface area (Å²) in [6.07, 6.45) is 7.19. The molecule has 0 radical (unpaired) electrons. The van der Waals surface area contributed by atoms with Gasteiger partial charge in [0.25, 0.3) is 0 Å². The summed E-state index contributed by atoms with van der Waals surface area (Å²) in [6, 6.07) is 10.9. The molecule has 5 nitrogen and oxygen atoms in total. The molecule has 2 aromatic heterocycles. The molecule has 2 N–H and O–H groups in total. The zero-order valence-electron chi connectivity index (χ0n) is 14.0. The van der Waals surface area contributed by atoms with E-state index in [1.807, 2.05) is 12.1 Å². The second-order valence-electron chi connectivity index (χ2n) is 5.73. The number of H-pyrrole nitrogens is 1. The second kappa shape index (κ2) is 7.66. The lowest BCUT2D eigenvalue weighted by Gasteiger charge is -2.07. The Morgan fingerprint density at radius 2 is 2.08 bits per heavy atom. The van der Waals surface area contributed by atoms with Crippen molar-refractivity contribution in [2.24, 2.45) is 0 Å². The maximum Gasteiger partial charge on any atom is 0.336 e. The van der Waals surface area contributed by atoms with Gasteiger partial charge in [-0.25, -0.2) is 9.78 Å². The molecule has 5 heteroatoms. The molecule has 0 unspecified atom stereocenters. The Bertz CT molecular complexity index is 895. The van der Waals surface area contributed by atoms with Gasteiger partial charge in [0.2, 0.25) is 0 Å². The fourth-order valence-corrected chi connectivity index (χ4v) is 2.59. The molecule has 3 rings (SSSR count). The molecule has 0 fully saturated rings. The van der Waals surface area contributed by atoms with Crippen molar-refractivity contribution < 1.29 is 14.6 Å². The van der Waals surface area contributed by atoms with Crippen LogP contribution in [-0.2, 0) is 4.79 Å². The average Bonchev–Trinajstić information content (AvgIpc) is 3.03. The number of aromatic nitrogens is 2. The fourth-order valence-electron chi connectivity index (χ4n) is 2.59. The number of aliphatic carboxylic acids is 1. The molecule has 1 aromatic carbocycles. The minimum atomic E-state index is -0.974. The molecular formula is C20H20N2O3. The third-order valence-corrected chi connectivity index (χ3v) is 3.95. The zero-order valence-corrected chi connectivity index (χ0v) is 14.0. The lowest BCUT2D eigenvalue weighted by molar-refractivity contribution is -0.130. The Morgan fingerprint density at radius 3 is 2.80 bits per heavy atom. The van der Waals surface area contributed by atoms with Crippen LogP contribution in [0.25, 0.3) is 22.7 Å². The highest BCUT2D eigenvalue weighted by Gasteiger charge is 2.12. The Balaban J connectivity index is 1.89. The summed E-state index contributed by atoms with van der Waals surface area (Å²) in [7, 11) is 0. The standard InChI is InChI=1S/C20H20N2O3/c1-2-3-11-25-16-8-6-14(7-9-16)18(20(23)24)12-15-13-22-19-17(15)5-4-10-21-19/h4-10,12-13H,2-3,11H2,1H3,(H,21,22)(H,23,24). The van der Waals surface area contributed by atoms with Gasteiger partial charge in [0, 0.05) is 23.3 Å². The highest BCUT2D eigenvalue weighted by molar-refractivity contribution is 6.21. The molecule has 0 aliphatic heterocycles. The van der Waals surface area contributed by atoms with E-state index in [0.717, 1.165) is 35.2 Å². The molecule has 0 spiro atoms. The van der Waals surface area contributed by atoms with E-state index < -0.39 is 5.97 Å². The number of hydrogen-bond donors (Lipinski definition) is 2. The number of carboxylic acid groups (broad SMARTS) is 1. The van der Waals surface area contributed by atoms with Gasteiger partial charge in [-0.1, -0.05) is 25.5 Å². The molecule has 2 heterocycles. The van der Waals surface area contributed by atoms with Gasteiger partial charge >= 0.3 is 5.97 Å². The highest BCUT2D eigenvalue weighted by atomic mass is 16.5. The minimum Gasteiger partial charge on any atom is -0.494 e. The van der Waals surface area contributed by atoms with Crippen molar-refractivity contribution >= 4 is 28.7 Å². The van der Waals surface area contributed by atoms with Crippen LogP contribution in [0.3, 0.4) is 0 Å². The Hall–Kier alpha value is -3.08. The molecule has 0 bridgehead atoms. The van der Waals surface area contributed by atoms with Crippen LogP contribution in [0, 0.1) is 0 Å². The first-order chi connectivity index (χ1) is 12.2. The molecule has 0 aliphatic carbocycles. The molecule has 0 amide bonds. The lowest BCUT2D eigenvalue weighted by Crippen LogP contribution is -2.00. The Labute approximate surface area is 146 Å². The molecule has 0 atom stereocenters. The largest absolute Gasteiger partial charge is 0.494 e. The smallest absolute Gasteiger partial charge is 0.336 e. The summed E-state index contributed by atoms with van der Waals surface area (Å²) >= 11 is 0. The predicted octanol–water partition coefficient (Wildman–Crippen LogP) is 4.37. The van der Waals surface area contributed by atoms with E-state index in [1.165, 1.54) is 0 Å². The Morgan fingerprint density at radius 1 is 1.28 bits per heavy atom. The van der Waals surface area contributed by atoms with Crippen LogP contribution >= 0.6 is 0 Å². The van der Waals surface area contributed by atoms with Crippen molar-refractivity contribution in [2.45, 2.75) is 19.8 Å². The van der Waals surface area contributed by atoms with Crippen LogP contribution in [0.4, 0.5) is 0 Å². The first kappa shape index (κ1) is 16.8. The number of unbranched alkanes of at least 4 members (excludes halogenated alkanes) is 1. The Kier molecular flexibility index (Phi) is 5.14. The van der Waals surface area contributed by atoms with Gasteiger partial charge in [0.15, 0.2) is 0 Å². The van der Waals surface area contributed by atoms with Crippen molar-refractivity contribution in [3.63, 3.8) is 0 Å². The van der Waals surface area contributed by atoms with Crippen molar-refractivity contribution in [3.8, 4) is 5.75 Å². The SMILES string of the molecule is CCCCOc1ccc(C(=Cc2c[nH]c3ncccc23)C(=O)O)cc1. The van der Waals surface area contributed by atoms with Crippen LogP contribution in [0.5, 0.6) is 5.75 Å². The van der Waals surface area contributed by atoms with Crippen molar-refractivity contribution in [3.05, 3.63) is 59.9 Å². The van der Waals surface area contributed by atoms with Gasteiger partial charge in [-0.2, -0.15) is 0 Å². The average molecular weight is 336 g/mol. The summed E-state index contributed by atoms with van der Waals surface area (Å²) in [5, 5.41) is 10.5. The van der Waals surface area contributed by atoms with Gasteiger partial charge < -0.3 is 14.8 Å². The number of pyridine rings is 1. The van der Waals surface area contributed by atoms with Gasteiger partial charge in [-0.05, 0) is 42.3 Å². The first-order valence-corrected chi connectivity index (χ1v) is 8.29. The fraction of sp³-hybridized carbons (Fsp3) is 0.200. The van der Waals surface area contributed by atoms with Crippen LogP contribution in [0.15, 0.2) is 48.8 Å². The number of carboxylic acids is 1. The van der Waals surface area contributed by atoms with Crippen molar-refractivity contribution in [2.75, 3.05) is 6.61 Å². The molecule has 0 saturated carbocycles. The van der Waals surface area contributed by atoms with Crippen LogP contribution in [0.2, 0.25) is 0 Å². The monoisotopic (exact) mass is 336 g/mol. The van der Waals surface area contributed by atoms with E-state index in [2.05, 4.69) is 16.9 Å². The molecule has 25 heavy (non-hydrogen) atoms. The normalized spacial score (nSPS) is 11.6. The second-order valence-corrected chi connectivity index (χ2v) is 5.73.